The first-order chi connectivity index (χ1) is 9.26. The normalized spacial score (nSPS) is 18.4. The minimum atomic E-state index is -0.00630. The van der Waals surface area contributed by atoms with E-state index in [9.17, 15) is 0 Å². The van der Waals surface area contributed by atoms with E-state index < -0.39 is 0 Å². The zero-order valence-corrected chi connectivity index (χ0v) is 11.9. The summed E-state index contributed by atoms with van der Waals surface area (Å²) >= 11 is 0. The van der Waals surface area contributed by atoms with E-state index in [1.807, 2.05) is 13.1 Å². The highest BCUT2D eigenvalue weighted by Crippen LogP contribution is 2.29. The molecule has 1 aromatic heterocycles. The van der Waals surface area contributed by atoms with E-state index in [1.54, 1.807) is 11.8 Å². The summed E-state index contributed by atoms with van der Waals surface area (Å²) in [6.07, 6.45) is 9.69. The predicted molar refractivity (Wildman–Crippen MR) is 75.6 cm³/mol. The summed E-state index contributed by atoms with van der Waals surface area (Å²) in [7, 11) is 3.53. The summed E-state index contributed by atoms with van der Waals surface area (Å²) in [5.41, 5.74) is 5.18. The predicted octanol–water partition coefficient (Wildman–Crippen LogP) is 2.21. The van der Waals surface area contributed by atoms with Gasteiger partial charge in [0.05, 0.1) is 18.8 Å². The Bertz CT molecular complexity index is 439. The van der Waals surface area contributed by atoms with Crippen molar-refractivity contribution in [3.05, 3.63) is 23.4 Å². The molecular formula is C14H24N4O. The molecule has 106 valence electrons. The van der Waals surface area contributed by atoms with E-state index in [4.69, 9.17) is 10.6 Å². The zero-order chi connectivity index (χ0) is 13.7. The fourth-order valence-electron chi connectivity index (χ4n) is 2.66. The number of rotatable bonds is 4. The number of nitrogens with one attached hydrogen (secondary N) is 1. The van der Waals surface area contributed by atoms with E-state index in [2.05, 4.69) is 16.6 Å². The van der Waals surface area contributed by atoms with Gasteiger partial charge < -0.3 is 4.74 Å². The highest BCUT2D eigenvalue weighted by Gasteiger charge is 2.20. The highest BCUT2D eigenvalue weighted by atomic mass is 16.5. The van der Waals surface area contributed by atoms with Gasteiger partial charge in [-0.2, -0.15) is 5.10 Å². The maximum atomic E-state index is 5.75. The van der Waals surface area contributed by atoms with Crippen molar-refractivity contribution in [2.45, 2.75) is 44.6 Å². The van der Waals surface area contributed by atoms with Crippen LogP contribution in [0.15, 0.2) is 17.7 Å². The third-order valence-corrected chi connectivity index (χ3v) is 3.72. The molecule has 0 amide bonds. The second-order valence-electron chi connectivity index (χ2n) is 5.07. The largest absolute Gasteiger partial charge is 0.481 e. The molecule has 0 spiro atoms. The minimum Gasteiger partial charge on any atom is -0.481 e. The van der Waals surface area contributed by atoms with Gasteiger partial charge in [0.25, 0.3) is 0 Å². The van der Waals surface area contributed by atoms with E-state index in [1.165, 1.54) is 31.3 Å². The molecule has 1 aliphatic rings. The number of nitrogens with zero attached hydrogens (tertiary/aromatic N) is 2. The molecular weight excluding hydrogens is 240 g/mol. The van der Waals surface area contributed by atoms with E-state index in [0.717, 1.165) is 24.4 Å². The van der Waals surface area contributed by atoms with Gasteiger partial charge in [-0.3, -0.25) is 5.84 Å². The Hall–Kier alpha value is -1.33. The lowest BCUT2D eigenvalue weighted by Crippen LogP contribution is -2.30. The maximum Gasteiger partial charge on any atom is 0.211 e. The number of hydrogen-bond donors (Lipinski definition) is 2. The average molecular weight is 264 g/mol. The molecule has 0 aliphatic heterocycles. The number of ether oxygens (including phenoxy) is 1. The summed E-state index contributed by atoms with van der Waals surface area (Å²) in [4.78, 5) is 0. The van der Waals surface area contributed by atoms with Gasteiger partial charge in [0.2, 0.25) is 5.88 Å². The zero-order valence-electron chi connectivity index (χ0n) is 11.9. The fraction of sp³-hybridized carbons (Fsp3) is 0.643. The van der Waals surface area contributed by atoms with Crippen LogP contribution in [0.25, 0.3) is 0 Å². The number of aromatic nitrogens is 2. The van der Waals surface area contributed by atoms with Crippen LogP contribution in [0.3, 0.4) is 0 Å². The molecule has 19 heavy (non-hydrogen) atoms. The van der Waals surface area contributed by atoms with Crippen molar-refractivity contribution in [1.82, 2.24) is 15.2 Å². The van der Waals surface area contributed by atoms with Gasteiger partial charge >= 0.3 is 0 Å². The quantitative estimate of drug-likeness (QED) is 0.497. The van der Waals surface area contributed by atoms with Crippen molar-refractivity contribution in [1.29, 1.82) is 0 Å². The van der Waals surface area contributed by atoms with Crippen LogP contribution in [0, 0.1) is 0 Å². The standard InChI is InChI=1S/C14H24N4O/c1-18-13(19-2)10-12(17-18)14(16-15)11-8-6-4-3-5-7-9-11/h8,10,14,16H,3-7,9,15H2,1-2H3. The van der Waals surface area contributed by atoms with Gasteiger partial charge in [0.15, 0.2) is 0 Å². The van der Waals surface area contributed by atoms with Crippen molar-refractivity contribution in [3.63, 3.8) is 0 Å². The first-order valence-electron chi connectivity index (χ1n) is 6.99. The first-order valence-corrected chi connectivity index (χ1v) is 6.99. The lowest BCUT2D eigenvalue weighted by atomic mass is 9.94. The van der Waals surface area contributed by atoms with Crippen molar-refractivity contribution in [3.8, 4) is 5.88 Å². The van der Waals surface area contributed by atoms with Gasteiger partial charge in [0, 0.05) is 13.1 Å². The molecule has 3 N–H and O–H groups in total. The summed E-state index contributed by atoms with van der Waals surface area (Å²) in [5.74, 6) is 6.50. The molecule has 1 atom stereocenters. The molecule has 1 aromatic rings. The highest BCUT2D eigenvalue weighted by molar-refractivity contribution is 5.26. The Kier molecular flexibility index (Phi) is 4.99. The summed E-state index contributed by atoms with van der Waals surface area (Å²) in [5, 5.41) is 4.49. The topological polar surface area (TPSA) is 65.1 Å². The number of hydrazine groups is 1. The Balaban J connectivity index is 2.21. The number of allylic oxidation sites excluding steroid dienone is 1. The van der Waals surface area contributed by atoms with Crippen LogP contribution >= 0.6 is 0 Å². The van der Waals surface area contributed by atoms with E-state index in [0.29, 0.717) is 0 Å². The second-order valence-corrected chi connectivity index (χ2v) is 5.07. The van der Waals surface area contributed by atoms with Crippen molar-refractivity contribution >= 4 is 0 Å². The van der Waals surface area contributed by atoms with E-state index in [-0.39, 0.29) is 6.04 Å². The molecule has 5 nitrogen and oxygen atoms in total. The first kappa shape index (κ1) is 14.1. The van der Waals surface area contributed by atoms with Crippen LogP contribution in [0.2, 0.25) is 0 Å². The lowest BCUT2D eigenvalue weighted by Gasteiger charge is -2.19. The number of nitrogens with two attached hydrogens (primary N) is 1. The van der Waals surface area contributed by atoms with Gasteiger partial charge in [-0.15, -0.1) is 0 Å². The summed E-state index contributed by atoms with van der Waals surface area (Å²) in [6, 6.07) is 1.94. The van der Waals surface area contributed by atoms with Gasteiger partial charge in [-0.05, 0) is 31.3 Å². The van der Waals surface area contributed by atoms with E-state index >= 15 is 0 Å². The molecule has 2 rings (SSSR count). The molecule has 0 radical (unpaired) electrons. The van der Waals surface area contributed by atoms with Gasteiger partial charge in [-0.25, -0.2) is 10.1 Å². The molecule has 0 aromatic carbocycles. The third kappa shape index (κ3) is 3.36. The summed E-state index contributed by atoms with van der Waals surface area (Å²) < 4.78 is 7.00. The van der Waals surface area contributed by atoms with Crippen LogP contribution in [-0.4, -0.2) is 16.9 Å². The van der Waals surface area contributed by atoms with Crippen LogP contribution in [-0.2, 0) is 7.05 Å². The van der Waals surface area contributed by atoms with Crippen LogP contribution in [0.4, 0.5) is 0 Å². The van der Waals surface area contributed by atoms with Crippen LogP contribution in [0.1, 0.15) is 50.3 Å². The average Bonchev–Trinajstić information content (AvgIpc) is 2.73. The van der Waals surface area contributed by atoms with Crippen molar-refractivity contribution in [2.75, 3.05) is 7.11 Å². The Morgan fingerprint density at radius 1 is 1.37 bits per heavy atom. The monoisotopic (exact) mass is 264 g/mol. The molecule has 0 saturated heterocycles. The Morgan fingerprint density at radius 3 is 2.84 bits per heavy atom. The molecule has 1 aliphatic carbocycles. The third-order valence-electron chi connectivity index (χ3n) is 3.72. The minimum absolute atomic E-state index is 0.00630. The number of hydrogen-bond acceptors (Lipinski definition) is 4. The van der Waals surface area contributed by atoms with Crippen LogP contribution in [0.5, 0.6) is 5.88 Å². The van der Waals surface area contributed by atoms with Crippen LogP contribution < -0.4 is 16.0 Å². The number of aryl methyl sites for hydroxylation is 1. The molecule has 1 heterocycles. The number of methoxy groups -OCH3 is 1. The van der Waals surface area contributed by atoms with Gasteiger partial charge in [-0.1, -0.05) is 18.9 Å². The second kappa shape index (κ2) is 6.73. The smallest absolute Gasteiger partial charge is 0.211 e. The molecule has 5 heteroatoms. The van der Waals surface area contributed by atoms with Gasteiger partial charge in [0.1, 0.15) is 0 Å². The van der Waals surface area contributed by atoms with Crippen molar-refractivity contribution in [2.24, 2.45) is 12.9 Å². The molecule has 0 bridgehead atoms. The summed E-state index contributed by atoms with van der Waals surface area (Å²) in [6.45, 7) is 0. The maximum absolute atomic E-state index is 5.75. The Labute approximate surface area is 114 Å². The molecule has 1 unspecified atom stereocenters. The Morgan fingerprint density at radius 2 is 2.16 bits per heavy atom. The lowest BCUT2D eigenvalue weighted by molar-refractivity contribution is 0.373. The molecule has 0 fully saturated rings. The SMILES string of the molecule is COc1cc(C(NN)C2=CCCCCCC2)nn1C. The molecule has 0 saturated carbocycles. The fourth-order valence-corrected chi connectivity index (χ4v) is 2.66. The van der Waals surface area contributed by atoms with Crippen molar-refractivity contribution < 1.29 is 4.74 Å².